The molecule has 0 atom stereocenters. The molecule has 0 aliphatic carbocycles. The van der Waals surface area contributed by atoms with Gasteiger partial charge < -0.3 is 20.7 Å². The van der Waals surface area contributed by atoms with Crippen molar-refractivity contribution in [2.75, 3.05) is 18.4 Å². The molecule has 1 aliphatic heterocycles. The number of likely N-dealkylation sites (tertiary alicyclic amines) is 1. The summed E-state index contributed by atoms with van der Waals surface area (Å²) in [5.41, 5.74) is 8.59. The number of aryl methyl sites for hydroxylation is 1. The number of anilines is 1. The first kappa shape index (κ1) is 15.6. The fraction of sp³-hybridized carbons (Fsp3) is 0.562. The van der Waals surface area contributed by atoms with Gasteiger partial charge in [0.15, 0.2) is 0 Å². The Kier molecular flexibility index (Phi) is 4.42. The molecule has 3 N–H and O–H groups in total. The summed E-state index contributed by atoms with van der Waals surface area (Å²) in [5, 5.41) is 3.46. The highest BCUT2D eigenvalue weighted by Crippen LogP contribution is 2.22. The molecule has 1 saturated heterocycles. The second kappa shape index (κ2) is 5.93. The molecule has 5 heteroatoms. The van der Waals surface area contributed by atoms with Gasteiger partial charge in [0.25, 0.3) is 0 Å². The van der Waals surface area contributed by atoms with Gasteiger partial charge >= 0.3 is 6.09 Å². The maximum atomic E-state index is 11.9. The summed E-state index contributed by atoms with van der Waals surface area (Å²) in [7, 11) is 0. The van der Waals surface area contributed by atoms with E-state index in [0.717, 1.165) is 11.3 Å². The molecule has 1 amide bonds. The Bertz CT molecular complexity index is 517. The predicted octanol–water partition coefficient (Wildman–Crippen LogP) is 2.48. The molecule has 0 radical (unpaired) electrons. The molecule has 0 saturated carbocycles. The average Bonchev–Trinajstić information content (AvgIpc) is 2.32. The molecule has 0 unspecified atom stereocenters. The number of carbonyl (C=O) groups excluding carboxylic acids is 1. The highest BCUT2D eigenvalue weighted by molar-refractivity contribution is 5.70. The second-order valence-corrected chi connectivity index (χ2v) is 6.58. The van der Waals surface area contributed by atoms with Crippen LogP contribution in [0.15, 0.2) is 18.2 Å². The number of nitrogens with two attached hydrogens (primary N) is 1. The first-order chi connectivity index (χ1) is 9.78. The van der Waals surface area contributed by atoms with Crippen molar-refractivity contribution in [3.05, 3.63) is 29.3 Å². The Balaban J connectivity index is 1.84. The van der Waals surface area contributed by atoms with Crippen molar-refractivity contribution in [1.29, 1.82) is 0 Å². The maximum absolute atomic E-state index is 11.9. The Morgan fingerprint density at radius 1 is 1.43 bits per heavy atom. The van der Waals surface area contributed by atoms with Crippen LogP contribution in [0, 0.1) is 6.92 Å². The van der Waals surface area contributed by atoms with Crippen LogP contribution in [0.3, 0.4) is 0 Å². The summed E-state index contributed by atoms with van der Waals surface area (Å²) >= 11 is 0. The van der Waals surface area contributed by atoms with Crippen LogP contribution in [0.5, 0.6) is 0 Å². The summed E-state index contributed by atoms with van der Waals surface area (Å²) in [6, 6.07) is 6.44. The number of hydrogen-bond acceptors (Lipinski definition) is 4. The molecule has 0 aromatic heterocycles. The number of ether oxygens (including phenoxy) is 1. The Morgan fingerprint density at radius 3 is 2.62 bits per heavy atom. The molecule has 2 rings (SSSR count). The molecular weight excluding hydrogens is 266 g/mol. The lowest BCUT2D eigenvalue weighted by atomic mass is 10.1. The van der Waals surface area contributed by atoms with Crippen LogP contribution in [0.2, 0.25) is 0 Å². The predicted molar refractivity (Wildman–Crippen MR) is 84.3 cm³/mol. The quantitative estimate of drug-likeness (QED) is 0.898. The first-order valence-corrected chi connectivity index (χ1v) is 7.32. The third-order valence-corrected chi connectivity index (χ3v) is 3.42. The number of carbonyl (C=O) groups is 1. The molecule has 0 bridgehead atoms. The minimum absolute atomic E-state index is 0.240. The second-order valence-electron chi connectivity index (χ2n) is 6.58. The van der Waals surface area contributed by atoms with E-state index in [-0.39, 0.29) is 12.1 Å². The van der Waals surface area contributed by atoms with Crippen LogP contribution >= 0.6 is 0 Å². The molecule has 116 valence electrons. The van der Waals surface area contributed by atoms with Crippen molar-refractivity contribution in [2.24, 2.45) is 5.73 Å². The minimum atomic E-state index is -0.440. The Hall–Kier alpha value is -1.75. The van der Waals surface area contributed by atoms with E-state index in [1.165, 1.54) is 5.56 Å². The normalized spacial score (nSPS) is 15.6. The minimum Gasteiger partial charge on any atom is -0.444 e. The van der Waals surface area contributed by atoms with Crippen molar-refractivity contribution in [3.63, 3.8) is 0 Å². The summed E-state index contributed by atoms with van der Waals surface area (Å²) in [5.74, 6) is 0. The van der Waals surface area contributed by atoms with Crippen LogP contribution in [0.1, 0.15) is 31.9 Å². The van der Waals surface area contributed by atoms with Gasteiger partial charge in [-0.2, -0.15) is 0 Å². The highest BCUT2D eigenvalue weighted by Gasteiger charge is 2.33. The van der Waals surface area contributed by atoms with E-state index < -0.39 is 5.60 Å². The van der Waals surface area contributed by atoms with Crippen LogP contribution in [-0.4, -0.2) is 35.7 Å². The topological polar surface area (TPSA) is 67.6 Å². The van der Waals surface area contributed by atoms with Crippen LogP contribution in [0.4, 0.5) is 10.5 Å². The number of hydrogen-bond donors (Lipinski definition) is 2. The number of rotatable bonds is 3. The van der Waals surface area contributed by atoms with Gasteiger partial charge in [0, 0.05) is 25.3 Å². The Labute approximate surface area is 126 Å². The van der Waals surface area contributed by atoms with Crippen molar-refractivity contribution in [3.8, 4) is 0 Å². The molecule has 5 nitrogen and oxygen atoms in total. The zero-order valence-corrected chi connectivity index (χ0v) is 13.3. The number of benzene rings is 1. The van der Waals surface area contributed by atoms with Gasteiger partial charge in [-0.1, -0.05) is 12.1 Å². The van der Waals surface area contributed by atoms with Crippen LogP contribution < -0.4 is 11.1 Å². The fourth-order valence-corrected chi connectivity index (χ4v) is 2.28. The van der Waals surface area contributed by atoms with Crippen molar-refractivity contribution in [1.82, 2.24) is 4.90 Å². The van der Waals surface area contributed by atoms with E-state index in [0.29, 0.717) is 19.6 Å². The first-order valence-electron chi connectivity index (χ1n) is 7.32. The smallest absolute Gasteiger partial charge is 0.410 e. The van der Waals surface area contributed by atoms with Gasteiger partial charge in [0.2, 0.25) is 0 Å². The van der Waals surface area contributed by atoms with Gasteiger partial charge in [-0.3, -0.25) is 0 Å². The summed E-state index contributed by atoms with van der Waals surface area (Å²) in [6.45, 7) is 9.59. The molecule has 1 aromatic carbocycles. The third kappa shape index (κ3) is 4.11. The van der Waals surface area contributed by atoms with Gasteiger partial charge in [-0.25, -0.2) is 4.79 Å². The van der Waals surface area contributed by atoms with E-state index in [1.807, 2.05) is 32.9 Å². The lowest BCUT2D eigenvalue weighted by Crippen LogP contribution is -2.58. The molecule has 1 aliphatic rings. The van der Waals surface area contributed by atoms with Crippen LogP contribution in [0.25, 0.3) is 0 Å². The average molecular weight is 291 g/mol. The van der Waals surface area contributed by atoms with E-state index in [9.17, 15) is 4.79 Å². The monoisotopic (exact) mass is 291 g/mol. The van der Waals surface area contributed by atoms with E-state index in [2.05, 4.69) is 18.3 Å². The standard InChI is InChI=1S/C16H25N3O2/c1-11-7-12(8-17)5-6-14(11)18-13-9-19(10-13)15(20)21-16(2,3)4/h5-7,13,18H,8-10,17H2,1-4H3. The largest absolute Gasteiger partial charge is 0.444 e. The fourth-order valence-electron chi connectivity index (χ4n) is 2.28. The molecular formula is C16H25N3O2. The molecule has 1 heterocycles. The highest BCUT2D eigenvalue weighted by atomic mass is 16.6. The summed E-state index contributed by atoms with van der Waals surface area (Å²) in [6.07, 6.45) is -0.240. The van der Waals surface area contributed by atoms with E-state index in [4.69, 9.17) is 10.5 Å². The lowest BCUT2D eigenvalue weighted by molar-refractivity contribution is 0.0105. The number of nitrogens with zero attached hydrogens (tertiary/aromatic N) is 1. The van der Waals surface area contributed by atoms with Crippen molar-refractivity contribution in [2.45, 2.75) is 45.9 Å². The number of nitrogens with one attached hydrogen (secondary N) is 1. The van der Waals surface area contributed by atoms with Gasteiger partial charge in [-0.15, -0.1) is 0 Å². The SMILES string of the molecule is Cc1cc(CN)ccc1NC1CN(C(=O)OC(C)(C)C)C1. The van der Waals surface area contributed by atoms with Gasteiger partial charge in [-0.05, 0) is 44.9 Å². The number of amides is 1. The van der Waals surface area contributed by atoms with E-state index in [1.54, 1.807) is 4.90 Å². The van der Waals surface area contributed by atoms with Gasteiger partial charge in [0.05, 0.1) is 6.04 Å². The molecule has 0 spiro atoms. The van der Waals surface area contributed by atoms with Gasteiger partial charge in [0.1, 0.15) is 5.60 Å². The molecule has 21 heavy (non-hydrogen) atoms. The van der Waals surface area contributed by atoms with Crippen molar-refractivity contribution >= 4 is 11.8 Å². The zero-order valence-electron chi connectivity index (χ0n) is 13.3. The summed E-state index contributed by atoms with van der Waals surface area (Å²) < 4.78 is 5.34. The van der Waals surface area contributed by atoms with E-state index >= 15 is 0 Å². The molecule has 1 aromatic rings. The van der Waals surface area contributed by atoms with Crippen LogP contribution in [-0.2, 0) is 11.3 Å². The zero-order chi connectivity index (χ0) is 15.6. The van der Waals surface area contributed by atoms with Crippen molar-refractivity contribution < 1.29 is 9.53 Å². The summed E-state index contributed by atoms with van der Waals surface area (Å²) in [4.78, 5) is 13.6. The molecule has 1 fully saturated rings. The third-order valence-electron chi connectivity index (χ3n) is 3.42. The Morgan fingerprint density at radius 2 is 2.10 bits per heavy atom. The lowest BCUT2D eigenvalue weighted by Gasteiger charge is -2.40. The maximum Gasteiger partial charge on any atom is 0.410 e.